The van der Waals surface area contributed by atoms with Crippen molar-refractivity contribution in [2.45, 2.75) is 52.2 Å². The van der Waals surface area contributed by atoms with E-state index in [1.165, 1.54) is 0 Å². The van der Waals surface area contributed by atoms with E-state index in [0.29, 0.717) is 18.7 Å². The normalized spacial score (nSPS) is 14.7. The van der Waals surface area contributed by atoms with Crippen molar-refractivity contribution >= 4 is 27.9 Å². The molecule has 0 saturated carbocycles. The zero-order valence-corrected chi connectivity index (χ0v) is 21.1. The molecule has 5 rings (SSSR count). The highest BCUT2D eigenvalue weighted by Gasteiger charge is 2.28. The first-order chi connectivity index (χ1) is 17.2. The number of imidazole rings is 1. The van der Waals surface area contributed by atoms with Crippen LogP contribution >= 0.6 is 0 Å². The molecule has 0 unspecified atom stereocenters. The first kappa shape index (κ1) is 23.7. The van der Waals surface area contributed by atoms with Crippen molar-refractivity contribution in [3.63, 3.8) is 0 Å². The molecular weight excluding hydrogens is 452 g/mol. The maximum Gasteiger partial charge on any atom is 0.410 e. The summed E-state index contributed by atoms with van der Waals surface area (Å²) in [6, 6.07) is 20.1. The van der Waals surface area contributed by atoms with Gasteiger partial charge in [-0.05, 0) is 52.0 Å². The minimum absolute atomic E-state index is 0.0225. The van der Waals surface area contributed by atoms with Gasteiger partial charge in [0, 0.05) is 42.8 Å². The van der Waals surface area contributed by atoms with Crippen LogP contribution in [0.15, 0.2) is 54.6 Å². The van der Waals surface area contributed by atoms with Gasteiger partial charge in [-0.3, -0.25) is 4.57 Å². The van der Waals surface area contributed by atoms with Crippen LogP contribution in [-0.2, 0) is 4.74 Å². The lowest BCUT2D eigenvalue weighted by molar-refractivity contribution is 0.0127. The smallest absolute Gasteiger partial charge is 0.410 e. The van der Waals surface area contributed by atoms with Crippen molar-refractivity contribution in [3.8, 4) is 17.5 Å². The van der Waals surface area contributed by atoms with Crippen LogP contribution in [0.5, 0.6) is 5.75 Å². The molecule has 0 radical (unpaired) electrons. The van der Waals surface area contributed by atoms with Crippen molar-refractivity contribution in [2.24, 2.45) is 0 Å². The van der Waals surface area contributed by atoms with Crippen molar-refractivity contribution in [1.82, 2.24) is 14.5 Å². The minimum Gasteiger partial charge on any atom is -0.490 e. The van der Waals surface area contributed by atoms with Crippen molar-refractivity contribution in [3.05, 3.63) is 66.0 Å². The summed E-state index contributed by atoms with van der Waals surface area (Å²) in [6.45, 7) is 8.84. The molecule has 7 heteroatoms. The van der Waals surface area contributed by atoms with E-state index in [4.69, 9.17) is 14.5 Å². The fourth-order valence-corrected chi connectivity index (χ4v) is 4.80. The molecule has 7 nitrogen and oxygen atoms in total. The second-order valence-electron chi connectivity index (χ2n) is 10.2. The summed E-state index contributed by atoms with van der Waals surface area (Å²) >= 11 is 0. The van der Waals surface area contributed by atoms with E-state index in [1.54, 1.807) is 4.90 Å². The Balaban J connectivity index is 1.40. The topological polar surface area (TPSA) is 80.4 Å². The van der Waals surface area contributed by atoms with Crippen LogP contribution in [-0.4, -0.2) is 45.3 Å². The van der Waals surface area contributed by atoms with Gasteiger partial charge in [0.25, 0.3) is 0 Å². The minimum atomic E-state index is -0.499. The van der Waals surface area contributed by atoms with Gasteiger partial charge in [-0.1, -0.05) is 24.3 Å². The molecule has 4 aromatic rings. The quantitative estimate of drug-likeness (QED) is 0.351. The Bertz CT molecular complexity index is 1480. The number of benzene rings is 3. The lowest BCUT2D eigenvalue weighted by Crippen LogP contribution is -2.44. The van der Waals surface area contributed by atoms with Crippen LogP contribution in [0.3, 0.4) is 0 Å². The molecule has 2 heterocycles. The molecule has 0 aliphatic carbocycles. The molecule has 1 saturated heterocycles. The summed E-state index contributed by atoms with van der Waals surface area (Å²) in [5.74, 6) is 1.64. The zero-order chi connectivity index (χ0) is 25.4. The van der Waals surface area contributed by atoms with Crippen LogP contribution in [0.1, 0.15) is 45.0 Å². The monoisotopic (exact) mass is 482 g/mol. The van der Waals surface area contributed by atoms with Gasteiger partial charge in [-0.25, -0.2) is 9.78 Å². The van der Waals surface area contributed by atoms with Gasteiger partial charge in [0.05, 0.1) is 28.4 Å². The zero-order valence-electron chi connectivity index (χ0n) is 21.1. The number of amides is 1. The van der Waals surface area contributed by atoms with Gasteiger partial charge in [0.15, 0.2) is 0 Å². The number of aryl methyl sites for hydroxylation is 1. The Morgan fingerprint density at radius 1 is 1.06 bits per heavy atom. The van der Waals surface area contributed by atoms with E-state index in [-0.39, 0.29) is 12.2 Å². The van der Waals surface area contributed by atoms with E-state index in [1.807, 2.05) is 82.3 Å². The standard InChI is InChI=1S/C29H30N4O3/c1-19-31-25-11-10-22(35-21-13-15-32(16-14-21)28(34)36-29(2,3)4)17-27(25)33(19)26-12-9-20(18-30)23-7-5-6-8-24(23)26/h5-12,17,21H,13-16H2,1-4H3. The maximum atomic E-state index is 12.4. The second-order valence-corrected chi connectivity index (χ2v) is 10.2. The summed E-state index contributed by atoms with van der Waals surface area (Å²) in [5, 5.41) is 11.5. The Hall–Kier alpha value is -4.05. The van der Waals surface area contributed by atoms with Crippen LogP contribution < -0.4 is 4.74 Å². The second kappa shape index (κ2) is 9.19. The van der Waals surface area contributed by atoms with E-state index in [9.17, 15) is 10.1 Å². The number of aromatic nitrogens is 2. The highest BCUT2D eigenvalue weighted by Crippen LogP contribution is 2.32. The van der Waals surface area contributed by atoms with Crippen molar-refractivity contribution in [1.29, 1.82) is 5.26 Å². The molecule has 0 atom stereocenters. The number of ether oxygens (including phenoxy) is 2. The van der Waals surface area contributed by atoms with Crippen LogP contribution in [0.25, 0.3) is 27.5 Å². The molecule has 3 aromatic carbocycles. The van der Waals surface area contributed by atoms with Gasteiger partial charge in [0.2, 0.25) is 0 Å². The van der Waals surface area contributed by atoms with Crippen LogP contribution in [0.2, 0.25) is 0 Å². The first-order valence-electron chi connectivity index (χ1n) is 12.3. The van der Waals surface area contributed by atoms with E-state index in [2.05, 4.69) is 10.6 Å². The molecule has 36 heavy (non-hydrogen) atoms. The van der Waals surface area contributed by atoms with E-state index in [0.717, 1.165) is 51.9 Å². The summed E-state index contributed by atoms with van der Waals surface area (Å²) in [7, 11) is 0. The van der Waals surface area contributed by atoms with Gasteiger partial charge in [0.1, 0.15) is 23.3 Å². The molecule has 1 aliphatic rings. The number of nitrogens with zero attached hydrogens (tertiary/aromatic N) is 4. The van der Waals surface area contributed by atoms with Crippen molar-refractivity contribution in [2.75, 3.05) is 13.1 Å². The number of nitriles is 1. The summed E-state index contributed by atoms with van der Waals surface area (Å²) in [6.07, 6.45) is 1.25. The predicted molar refractivity (Wildman–Crippen MR) is 139 cm³/mol. The number of piperidine rings is 1. The van der Waals surface area contributed by atoms with E-state index >= 15 is 0 Å². The maximum absolute atomic E-state index is 12.4. The highest BCUT2D eigenvalue weighted by molar-refractivity contribution is 5.96. The number of rotatable bonds is 3. The Kier molecular flexibility index (Phi) is 6.05. The Labute approximate surface area is 210 Å². The predicted octanol–water partition coefficient (Wildman–Crippen LogP) is 6.14. The van der Waals surface area contributed by atoms with E-state index < -0.39 is 5.60 Å². The summed E-state index contributed by atoms with van der Waals surface area (Å²) in [4.78, 5) is 18.9. The number of carbonyl (C=O) groups excluding carboxylic acids is 1. The molecule has 1 aliphatic heterocycles. The Morgan fingerprint density at radius 2 is 1.78 bits per heavy atom. The van der Waals surface area contributed by atoms with Crippen molar-refractivity contribution < 1.29 is 14.3 Å². The Morgan fingerprint density at radius 3 is 2.47 bits per heavy atom. The molecule has 1 aromatic heterocycles. The number of hydrogen-bond acceptors (Lipinski definition) is 5. The van der Waals surface area contributed by atoms with Gasteiger partial charge < -0.3 is 14.4 Å². The highest BCUT2D eigenvalue weighted by atomic mass is 16.6. The van der Waals surface area contributed by atoms with Gasteiger partial charge in [-0.15, -0.1) is 0 Å². The molecule has 0 N–H and O–H groups in total. The third kappa shape index (κ3) is 4.59. The van der Waals surface area contributed by atoms with Gasteiger partial charge >= 0.3 is 6.09 Å². The number of carbonyl (C=O) groups is 1. The molecular formula is C29H30N4O3. The average molecular weight is 483 g/mol. The third-order valence-corrected chi connectivity index (χ3v) is 6.45. The molecule has 1 amide bonds. The lowest BCUT2D eigenvalue weighted by Gasteiger charge is -2.33. The first-order valence-corrected chi connectivity index (χ1v) is 12.3. The average Bonchev–Trinajstić information content (AvgIpc) is 3.17. The number of fused-ring (bicyclic) bond motifs is 2. The number of hydrogen-bond donors (Lipinski definition) is 0. The molecule has 184 valence electrons. The third-order valence-electron chi connectivity index (χ3n) is 6.45. The number of likely N-dealkylation sites (tertiary alicyclic amines) is 1. The fourth-order valence-electron chi connectivity index (χ4n) is 4.80. The lowest BCUT2D eigenvalue weighted by atomic mass is 10.0. The summed E-state index contributed by atoms with van der Waals surface area (Å²) in [5.41, 5.74) is 2.96. The molecule has 0 bridgehead atoms. The SMILES string of the molecule is Cc1nc2ccc(OC3CCN(C(=O)OC(C)(C)C)CC3)cc2n1-c1ccc(C#N)c2ccccc12. The molecule has 0 spiro atoms. The largest absolute Gasteiger partial charge is 0.490 e. The van der Waals surface area contributed by atoms with Crippen LogP contribution in [0, 0.1) is 18.3 Å². The van der Waals surface area contributed by atoms with Crippen LogP contribution in [0.4, 0.5) is 4.79 Å². The van der Waals surface area contributed by atoms with Gasteiger partial charge in [-0.2, -0.15) is 5.26 Å². The summed E-state index contributed by atoms with van der Waals surface area (Å²) < 4.78 is 14.0. The molecule has 1 fully saturated rings. The fraction of sp³-hybridized carbons (Fsp3) is 0.345.